The highest BCUT2D eigenvalue weighted by Gasteiger charge is 2.49. The van der Waals surface area contributed by atoms with Crippen LogP contribution in [0.1, 0.15) is 51.5 Å². The quantitative estimate of drug-likeness (QED) is 0.559. The monoisotopic (exact) mass is 452 g/mol. The van der Waals surface area contributed by atoms with Gasteiger partial charge in [0, 0.05) is 6.04 Å². The van der Waals surface area contributed by atoms with Crippen LogP contribution < -0.4 is 5.32 Å². The fraction of sp³-hybridized carbons (Fsp3) is 0.609. The van der Waals surface area contributed by atoms with Crippen LogP contribution in [0.3, 0.4) is 0 Å². The first-order valence-corrected chi connectivity index (χ1v) is 10.9. The molecule has 2 aliphatic rings. The van der Waals surface area contributed by atoms with E-state index in [1.54, 1.807) is 18.7 Å². The molecule has 1 aliphatic carbocycles. The van der Waals surface area contributed by atoms with Gasteiger partial charge in [-0.3, -0.25) is 14.9 Å². The molecule has 0 spiro atoms. The van der Waals surface area contributed by atoms with E-state index < -0.39 is 24.1 Å². The van der Waals surface area contributed by atoms with Crippen LogP contribution in [-0.2, 0) is 25.5 Å². The molecule has 7 nitrogen and oxygen atoms in total. The number of esters is 1. The summed E-state index contributed by atoms with van der Waals surface area (Å²) >= 11 is 0. The Labute approximate surface area is 189 Å². The van der Waals surface area contributed by atoms with Crippen LogP contribution in [0.25, 0.3) is 0 Å². The van der Waals surface area contributed by atoms with Crippen LogP contribution in [0.4, 0.5) is 0 Å². The standard InChI is InChI=1S/C23H32N2O5.ClH/c1-3-30-23(29)18(13-12-16-8-5-4-6-9-16)24-15(2)21(26)25-19-11-7-10-17(19)14-20(25)22(27)28;/h4-6,8-9,15,17-20,24H,3,7,10-14H2,1-2H3,(H,27,28);1H/t15?,17-,18?,19-,20-;/m0./s1. The SMILES string of the molecule is CCOC(=O)C(CCc1ccccc1)NC(C)C(=O)N1[C@H](C(=O)O)C[C@@H]2CCC[C@@H]21.Cl. The Hall–Kier alpha value is -2.12. The fourth-order valence-electron chi connectivity index (χ4n) is 4.89. The minimum atomic E-state index is -0.948. The largest absolute Gasteiger partial charge is 0.480 e. The van der Waals surface area contributed by atoms with Crippen molar-refractivity contribution in [2.75, 3.05) is 6.61 Å². The van der Waals surface area contributed by atoms with E-state index in [2.05, 4.69) is 5.32 Å². The number of carboxylic acids is 1. The molecular weight excluding hydrogens is 420 g/mol. The van der Waals surface area contributed by atoms with Crippen molar-refractivity contribution in [3.05, 3.63) is 35.9 Å². The Morgan fingerprint density at radius 1 is 1.23 bits per heavy atom. The molecule has 1 saturated carbocycles. The Bertz CT molecular complexity index is 760. The van der Waals surface area contributed by atoms with Crippen molar-refractivity contribution in [1.82, 2.24) is 10.2 Å². The third kappa shape index (κ3) is 5.98. The summed E-state index contributed by atoms with van der Waals surface area (Å²) in [6.45, 7) is 3.72. The normalized spacial score (nSPS) is 24.1. The Kier molecular flexibility index (Phi) is 9.32. The third-order valence-electron chi connectivity index (χ3n) is 6.33. The van der Waals surface area contributed by atoms with Gasteiger partial charge >= 0.3 is 11.9 Å². The summed E-state index contributed by atoms with van der Waals surface area (Å²) in [5, 5.41) is 12.8. The van der Waals surface area contributed by atoms with Gasteiger partial charge in [0.1, 0.15) is 12.1 Å². The van der Waals surface area contributed by atoms with E-state index in [9.17, 15) is 19.5 Å². The van der Waals surface area contributed by atoms with Gasteiger partial charge in [0.15, 0.2) is 0 Å². The topological polar surface area (TPSA) is 95.9 Å². The predicted molar refractivity (Wildman–Crippen MR) is 119 cm³/mol. The first kappa shape index (κ1) is 25.1. The molecule has 1 heterocycles. The minimum absolute atomic E-state index is 0. The number of nitrogens with zero attached hydrogens (tertiary/aromatic N) is 1. The average Bonchev–Trinajstić information content (AvgIpc) is 3.32. The van der Waals surface area contributed by atoms with E-state index in [1.807, 2.05) is 30.3 Å². The number of rotatable bonds is 9. The number of nitrogens with one attached hydrogen (secondary N) is 1. The minimum Gasteiger partial charge on any atom is -0.480 e. The van der Waals surface area contributed by atoms with E-state index >= 15 is 0 Å². The lowest BCUT2D eigenvalue weighted by Crippen LogP contribution is -2.55. The molecule has 2 N–H and O–H groups in total. The van der Waals surface area contributed by atoms with Crippen molar-refractivity contribution in [3.8, 4) is 0 Å². The van der Waals surface area contributed by atoms with Gasteiger partial charge < -0.3 is 14.7 Å². The lowest BCUT2D eigenvalue weighted by molar-refractivity contribution is -0.151. The van der Waals surface area contributed by atoms with Gasteiger partial charge in [-0.25, -0.2) is 4.79 Å². The van der Waals surface area contributed by atoms with E-state index in [4.69, 9.17) is 4.74 Å². The molecule has 1 aliphatic heterocycles. The molecule has 0 radical (unpaired) electrons. The third-order valence-corrected chi connectivity index (χ3v) is 6.33. The van der Waals surface area contributed by atoms with Crippen molar-refractivity contribution in [1.29, 1.82) is 0 Å². The molecule has 8 heteroatoms. The van der Waals surface area contributed by atoms with Crippen molar-refractivity contribution >= 4 is 30.3 Å². The number of hydrogen-bond acceptors (Lipinski definition) is 5. The van der Waals surface area contributed by atoms with Crippen LogP contribution in [0, 0.1) is 5.92 Å². The summed E-state index contributed by atoms with van der Waals surface area (Å²) in [6.07, 6.45) is 4.54. The second-order valence-corrected chi connectivity index (χ2v) is 8.31. The van der Waals surface area contributed by atoms with E-state index in [0.717, 1.165) is 24.8 Å². The molecule has 1 amide bonds. The van der Waals surface area contributed by atoms with E-state index in [-0.39, 0.29) is 42.9 Å². The molecule has 0 aromatic heterocycles. The van der Waals surface area contributed by atoms with E-state index in [1.165, 1.54) is 0 Å². The molecule has 2 unspecified atom stereocenters. The van der Waals surface area contributed by atoms with Crippen LogP contribution in [0.2, 0.25) is 0 Å². The maximum absolute atomic E-state index is 13.2. The van der Waals surface area contributed by atoms with Crippen molar-refractivity contribution < 1.29 is 24.2 Å². The molecule has 1 saturated heterocycles. The summed E-state index contributed by atoms with van der Waals surface area (Å²) in [5.74, 6) is -1.31. The zero-order valence-corrected chi connectivity index (χ0v) is 19.0. The van der Waals surface area contributed by atoms with Crippen LogP contribution >= 0.6 is 12.4 Å². The molecule has 3 rings (SSSR count). The van der Waals surface area contributed by atoms with Crippen molar-refractivity contribution in [3.63, 3.8) is 0 Å². The summed E-state index contributed by atoms with van der Waals surface area (Å²) in [7, 11) is 0. The van der Waals surface area contributed by atoms with Gasteiger partial charge in [-0.2, -0.15) is 0 Å². The van der Waals surface area contributed by atoms with Gasteiger partial charge in [-0.05, 0) is 57.4 Å². The first-order chi connectivity index (χ1) is 14.4. The number of carbonyl (C=O) groups excluding carboxylic acids is 2. The predicted octanol–water partition coefficient (Wildman–Crippen LogP) is 2.81. The number of hydrogen-bond donors (Lipinski definition) is 2. The number of fused-ring (bicyclic) bond motifs is 1. The highest BCUT2D eigenvalue weighted by atomic mass is 35.5. The molecule has 2 fully saturated rings. The Morgan fingerprint density at radius 3 is 2.58 bits per heavy atom. The Balaban J connectivity index is 0.00000341. The molecule has 172 valence electrons. The van der Waals surface area contributed by atoms with E-state index in [0.29, 0.717) is 19.3 Å². The van der Waals surface area contributed by atoms with Gasteiger partial charge in [-0.1, -0.05) is 36.8 Å². The number of amides is 1. The number of carbonyl (C=O) groups is 3. The van der Waals surface area contributed by atoms with Crippen LogP contribution in [0.15, 0.2) is 30.3 Å². The zero-order chi connectivity index (χ0) is 21.7. The summed E-state index contributed by atoms with van der Waals surface area (Å²) in [5.41, 5.74) is 1.10. The molecule has 1 aromatic carbocycles. The van der Waals surface area contributed by atoms with Crippen molar-refractivity contribution in [2.24, 2.45) is 5.92 Å². The second kappa shape index (κ2) is 11.5. The molecular formula is C23H33ClN2O5. The van der Waals surface area contributed by atoms with Crippen LogP contribution in [0.5, 0.6) is 0 Å². The van der Waals surface area contributed by atoms with Gasteiger partial charge in [0.2, 0.25) is 5.91 Å². The molecule has 1 aromatic rings. The maximum atomic E-state index is 13.2. The number of halogens is 1. The highest BCUT2D eigenvalue weighted by Crippen LogP contribution is 2.41. The molecule has 0 bridgehead atoms. The first-order valence-electron chi connectivity index (χ1n) is 10.9. The lowest BCUT2D eigenvalue weighted by atomic mass is 10.0. The summed E-state index contributed by atoms with van der Waals surface area (Å²) in [6, 6.07) is 7.76. The fourth-order valence-corrected chi connectivity index (χ4v) is 4.89. The molecule has 5 atom stereocenters. The van der Waals surface area contributed by atoms with Gasteiger partial charge in [-0.15, -0.1) is 12.4 Å². The Morgan fingerprint density at radius 2 is 1.94 bits per heavy atom. The van der Waals surface area contributed by atoms with Gasteiger partial charge in [0.25, 0.3) is 0 Å². The number of carboxylic acid groups (broad SMARTS) is 1. The number of ether oxygens (including phenoxy) is 1. The number of aryl methyl sites for hydroxylation is 1. The van der Waals surface area contributed by atoms with Crippen molar-refractivity contribution in [2.45, 2.75) is 76.5 Å². The molecule has 31 heavy (non-hydrogen) atoms. The maximum Gasteiger partial charge on any atom is 0.326 e. The second-order valence-electron chi connectivity index (χ2n) is 8.31. The number of likely N-dealkylation sites (tertiary alicyclic amines) is 1. The average molecular weight is 453 g/mol. The highest BCUT2D eigenvalue weighted by molar-refractivity contribution is 5.88. The lowest BCUT2D eigenvalue weighted by Gasteiger charge is -2.31. The van der Waals surface area contributed by atoms with Crippen LogP contribution in [-0.4, -0.2) is 58.6 Å². The van der Waals surface area contributed by atoms with Gasteiger partial charge in [0.05, 0.1) is 12.6 Å². The number of benzene rings is 1. The smallest absolute Gasteiger partial charge is 0.326 e. The summed E-state index contributed by atoms with van der Waals surface area (Å²) in [4.78, 5) is 39.1. The number of aliphatic carboxylic acids is 1. The summed E-state index contributed by atoms with van der Waals surface area (Å²) < 4.78 is 5.21. The zero-order valence-electron chi connectivity index (χ0n) is 18.2.